The van der Waals surface area contributed by atoms with Crippen molar-refractivity contribution in [3.63, 3.8) is 0 Å². The van der Waals surface area contributed by atoms with E-state index in [2.05, 4.69) is 22.5 Å². The van der Waals surface area contributed by atoms with Gasteiger partial charge in [0, 0.05) is 23.4 Å². The molecule has 4 amide bonds. The Morgan fingerprint density at radius 1 is 1.21 bits per heavy atom. The number of anilines is 1. The molecule has 0 aromatic heterocycles. The number of fused-ring (bicyclic) bond motifs is 1. The standard InChI is InChI=1S/C21H18N4O4/c1-29-16-6-5-14-11-25(18(26)17(14)10-16)12-21(19(27)23-20(28)24-21)8-7-13-3-2-4-15(22)9-13/h2-6,9-10H,11-12,22H2,1H3,(H2,23,24,27,28)/t21-/m1/s1. The number of rotatable bonds is 3. The van der Waals surface area contributed by atoms with Crippen LogP contribution in [0.4, 0.5) is 10.5 Å². The molecule has 0 unspecified atom stereocenters. The predicted molar refractivity (Wildman–Crippen MR) is 105 cm³/mol. The zero-order chi connectivity index (χ0) is 20.6. The lowest BCUT2D eigenvalue weighted by atomic mass is 9.99. The van der Waals surface area contributed by atoms with Gasteiger partial charge in [-0.1, -0.05) is 24.0 Å². The van der Waals surface area contributed by atoms with Crippen molar-refractivity contribution in [1.82, 2.24) is 15.5 Å². The molecule has 4 rings (SSSR count). The van der Waals surface area contributed by atoms with Crippen molar-refractivity contribution in [2.24, 2.45) is 0 Å². The summed E-state index contributed by atoms with van der Waals surface area (Å²) in [6, 6.07) is 11.5. The number of imide groups is 1. The van der Waals surface area contributed by atoms with Crippen molar-refractivity contribution in [3.05, 3.63) is 59.2 Å². The summed E-state index contributed by atoms with van der Waals surface area (Å²) < 4.78 is 5.18. The number of ether oxygens (including phenoxy) is 1. The molecule has 2 heterocycles. The second kappa shape index (κ2) is 6.87. The van der Waals surface area contributed by atoms with E-state index in [0.29, 0.717) is 29.1 Å². The van der Waals surface area contributed by atoms with Gasteiger partial charge in [0.1, 0.15) is 5.75 Å². The number of nitrogen functional groups attached to an aromatic ring is 1. The lowest BCUT2D eigenvalue weighted by molar-refractivity contribution is -0.122. The maximum absolute atomic E-state index is 12.9. The van der Waals surface area contributed by atoms with E-state index >= 15 is 0 Å². The second-order valence-electron chi connectivity index (χ2n) is 6.87. The first-order chi connectivity index (χ1) is 13.9. The molecule has 8 nitrogen and oxygen atoms in total. The summed E-state index contributed by atoms with van der Waals surface area (Å²) in [4.78, 5) is 38.8. The molecular weight excluding hydrogens is 372 g/mol. The number of nitrogens with one attached hydrogen (secondary N) is 2. The van der Waals surface area contributed by atoms with E-state index in [-0.39, 0.29) is 12.5 Å². The van der Waals surface area contributed by atoms with E-state index in [1.807, 2.05) is 6.07 Å². The van der Waals surface area contributed by atoms with E-state index in [4.69, 9.17) is 10.5 Å². The Hall–Kier alpha value is -3.99. The van der Waals surface area contributed by atoms with E-state index < -0.39 is 17.5 Å². The molecule has 2 aromatic carbocycles. The van der Waals surface area contributed by atoms with Crippen LogP contribution in [0, 0.1) is 11.8 Å². The Morgan fingerprint density at radius 2 is 2.03 bits per heavy atom. The summed E-state index contributed by atoms with van der Waals surface area (Å²) in [5.41, 5.74) is 6.67. The molecule has 0 spiro atoms. The lowest BCUT2D eigenvalue weighted by Crippen LogP contribution is -2.54. The van der Waals surface area contributed by atoms with Crippen molar-refractivity contribution >= 4 is 23.5 Å². The molecule has 1 fully saturated rings. The van der Waals surface area contributed by atoms with E-state index in [0.717, 1.165) is 5.56 Å². The third-order valence-corrected chi connectivity index (χ3v) is 4.87. The van der Waals surface area contributed by atoms with Crippen molar-refractivity contribution in [2.75, 3.05) is 19.4 Å². The summed E-state index contributed by atoms with van der Waals surface area (Å²) in [5, 5.41) is 4.79. The smallest absolute Gasteiger partial charge is 0.323 e. The van der Waals surface area contributed by atoms with E-state index in [9.17, 15) is 14.4 Å². The maximum atomic E-state index is 12.9. The molecule has 0 saturated carbocycles. The SMILES string of the molecule is COc1ccc2c(c1)C(=O)N(C[C@@]1(C#Cc3cccc(N)c3)NC(=O)NC1=O)C2. The highest BCUT2D eigenvalue weighted by atomic mass is 16.5. The van der Waals surface area contributed by atoms with Crippen LogP contribution in [0.1, 0.15) is 21.5 Å². The van der Waals surface area contributed by atoms with Gasteiger partial charge in [0.05, 0.1) is 13.7 Å². The summed E-state index contributed by atoms with van der Waals surface area (Å²) in [7, 11) is 1.53. The van der Waals surface area contributed by atoms with Gasteiger partial charge in [0.2, 0.25) is 5.54 Å². The lowest BCUT2D eigenvalue weighted by Gasteiger charge is -2.26. The van der Waals surface area contributed by atoms with Crippen LogP contribution in [-0.4, -0.2) is 41.9 Å². The van der Waals surface area contributed by atoms with Gasteiger partial charge < -0.3 is 20.7 Å². The van der Waals surface area contributed by atoms with Crippen molar-refractivity contribution in [1.29, 1.82) is 0 Å². The summed E-state index contributed by atoms with van der Waals surface area (Å²) >= 11 is 0. The first-order valence-corrected chi connectivity index (χ1v) is 8.89. The summed E-state index contributed by atoms with van der Waals surface area (Å²) in [5.74, 6) is 5.45. The number of hydrogen-bond donors (Lipinski definition) is 3. The largest absolute Gasteiger partial charge is 0.497 e. The molecule has 1 atom stereocenters. The maximum Gasteiger partial charge on any atom is 0.323 e. The van der Waals surface area contributed by atoms with Gasteiger partial charge in [0.15, 0.2) is 0 Å². The number of benzene rings is 2. The highest BCUT2D eigenvalue weighted by molar-refractivity contribution is 6.10. The van der Waals surface area contributed by atoms with Gasteiger partial charge in [0.25, 0.3) is 11.8 Å². The average Bonchev–Trinajstić information content (AvgIpc) is 3.15. The van der Waals surface area contributed by atoms with Crippen LogP contribution in [0.15, 0.2) is 42.5 Å². The van der Waals surface area contributed by atoms with E-state index in [1.165, 1.54) is 12.0 Å². The third kappa shape index (κ3) is 3.34. The fourth-order valence-corrected chi connectivity index (χ4v) is 3.41. The second-order valence-corrected chi connectivity index (χ2v) is 6.87. The van der Waals surface area contributed by atoms with Crippen LogP contribution in [0.25, 0.3) is 0 Å². The zero-order valence-electron chi connectivity index (χ0n) is 15.6. The van der Waals surface area contributed by atoms with E-state index in [1.54, 1.807) is 36.4 Å². The Labute approximate surface area is 167 Å². The van der Waals surface area contributed by atoms with Crippen LogP contribution >= 0.6 is 0 Å². The minimum absolute atomic E-state index is 0.0876. The molecule has 29 heavy (non-hydrogen) atoms. The Bertz CT molecular complexity index is 1100. The molecule has 0 radical (unpaired) electrons. The minimum Gasteiger partial charge on any atom is -0.497 e. The van der Waals surface area contributed by atoms with Gasteiger partial charge in [-0.2, -0.15) is 0 Å². The van der Waals surface area contributed by atoms with Gasteiger partial charge in [-0.05, 0) is 35.9 Å². The topological polar surface area (TPSA) is 114 Å². The summed E-state index contributed by atoms with van der Waals surface area (Å²) in [6.07, 6.45) is 0. The number of methoxy groups -OCH3 is 1. The Kier molecular flexibility index (Phi) is 4.35. The molecule has 146 valence electrons. The van der Waals surface area contributed by atoms with Gasteiger partial charge in [-0.25, -0.2) is 4.79 Å². The van der Waals surface area contributed by atoms with Crippen molar-refractivity contribution in [2.45, 2.75) is 12.1 Å². The molecule has 2 aliphatic rings. The number of carbonyl (C=O) groups excluding carboxylic acids is 3. The molecule has 2 aliphatic heterocycles. The van der Waals surface area contributed by atoms with Crippen LogP contribution in [-0.2, 0) is 11.3 Å². The van der Waals surface area contributed by atoms with Crippen LogP contribution in [0.2, 0.25) is 0 Å². The number of hydrogen-bond acceptors (Lipinski definition) is 5. The van der Waals surface area contributed by atoms with Crippen LogP contribution in [0.3, 0.4) is 0 Å². The predicted octanol–water partition coefficient (Wildman–Crippen LogP) is 0.863. The monoisotopic (exact) mass is 390 g/mol. The van der Waals surface area contributed by atoms with Gasteiger partial charge in [-0.3, -0.25) is 14.9 Å². The Morgan fingerprint density at radius 3 is 2.72 bits per heavy atom. The fourth-order valence-electron chi connectivity index (χ4n) is 3.41. The molecule has 4 N–H and O–H groups in total. The molecule has 0 aliphatic carbocycles. The van der Waals surface area contributed by atoms with Gasteiger partial charge >= 0.3 is 6.03 Å². The first kappa shape index (κ1) is 18.4. The number of urea groups is 1. The average molecular weight is 390 g/mol. The Balaban J connectivity index is 1.65. The first-order valence-electron chi connectivity index (χ1n) is 8.89. The minimum atomic E-state index is -1.55. The van der Waals surface area contributed by atoms with Crippen molar-refractivity contribution in [3.8, 4) is 17.6 Å². The highest BCUT2D eigenvalue weighted by Gasteiger charge is 2.48. The van der Waals surface area contributed by atoms with Crippen LogP contribution < -0.4 is 21.1 Å². The third-order valence-electron chi connectivity index (χ3n) is 4.87. The molecule has 1 saturated heterocycles. The molecule has 8 heteroatoms. The number of amides is 4. The van der Waals surface area contributed by atoms with Crippen LogP contribution in [0.5, 0.6) is 5.75 Å². The number of nitrogens with two attached hydrogens (primary N) is 1. The number of carbonyl (C=O) groups is 3. The number of nitrogens with zero attached hydrogens (tertiary/aromatic N) is 1. The molecule has 2 aromatic rings. The fraction of sp³-hybridized carbons (Fsp3) is 0.190. The molecule has 0 bridgehead atoms. The van der Waals surface area contributed by atoms with Crippen molar-refractivity contribution < 1.29 is 19.1 Å². The molecular formula is C21H18N4O4. The quantitative estimate of drug-likeness (QED) is 0.409. The van der Waals surface area contributed by atoms with Gasteiger partial charge in [-0.15, -0.1) is 0 Å². The highest BCUT2D eigenvalue weighted by Crippen LogP contribution is 2.28. The normalized spacial score (nSPS) is 19.9. The summed E-state index contributed by atoms with van der Waals surface area (Å²) in [6.45, 7) is 0.221. The zero-order valence-corrected chi connectivity index (χ0v) is 15.6.